The average molecular weight is 593 g/mol. The van der Waals surface area contributed by atoms with Gasteiger partial charge in [0.1, 0.15) is 18.1 Å². The Bertz CT molecular complexity index is 1830. The molecule has 0 spiro atoms. The fourth-order valence-electron chi connectivity index (χ4n) is 4.47. The fourth-order valence-corrected chi connectivity index (χ4v) is 5.62. The molecule has 4 aromatic rings. The standard InChI is InChI=1S/C30H25ClN2O7S/c1-17-25(29(36)39-14-13-37-2)26(18-7-9-21(31)10-8-18)33-27(34)24(41-30(33)32-17)16-22-11-12-23(40-22)19-5-4-6-20(15-19)28(35)38-3/h4-12,15-16,26H,13-14H2,1-3H3. The van der Waals surface area contributed by atoms with Gasteiger partial charge in [-0.1, -0.05) is 47.2 Å². The Morgan fingerprint density at radius 1 is 1.07 bits per heavy atom. The highest BCUT2D eigenvalue weighted by molar-refractivity contribution is 7.07. The third-order valence-electron chi connectivity index (χ3n) is 6.42. The molecule has 41 heavy (non-hydrogen) atoms. The Hall–Kier alpha value is -4.25. The first kappa shape index (κ1) is 28.3. The van der Waals surface area contributed by atoms with Gasteiger partial charge >= 0.3 is 11.9 Å². The van der Waals surface area contributed by atoms with Crippen LogP contribution in [0.25, 0.3) is 17.4 Å². The summed E-state index contributed by atoms with van der Waals surface area (Å²) in [4.78, 5) is 43.9. The Balaban J connectivity index is 1.57. The zero-order chi connectivity index (χ0) is 29.1. The van der Waals surface area contributed by atoms with Crippen LogP contribution in [0.4, 0.5) is 0 Å². The number of hydrogen-bond donors (Lipinski definition) is 0. The van der Waals surface area contributed by atoms with Gasteiger partial charge in [0.05, 0.1) is 41.1 Å². The van der Waals surface area contributed by atoms with Crippen LogP contribution < -0.4 is 14.9 Å². The minimum absolute atomic E-state index is 0.0627. The molecule has 0 saturated carbocycles. The van der Waals surface area contributed by atoms with Gasteiger partial charge in [-0.3, -0.25) is 9.36 Å². The molecule has 210 valence electrons. The zero-order valence-electron chi connectivity index (χ0n) is 22.4. The molecule has 0 N–H and O–H groups in total. The maximum Gasteiger partial charge on any atom is 0.338 e. The Morgan fingerprint density at radius 2 is 1.85 bits per heavy atom. The molecule has 0 bridgehead atoms. The molecule has 0 fully saturated rings. The van der Waals surface area contributed by atoms with E-state index in [9.17, 15) is 14.4 Å². The smallest absolute Gasteiger partial charge is 0.338 e. The molecule has 0 radical (unpaired) electrons. The van der Waals surface area contributed by atoms with Gasteiger partial charge in [0.15, 0.2) is 4.80 Å². The number of carbonyl (C=O) groups is 2. The van der Waals surface area contributed by atoms with Crippen LogP contribution in [-0.2, 0) is 19.0 Å². The molecule has 2 aromatic carbocycles. The van der Waals surface area contributed by atoms with Gasteiger partial charge in [0.25, 0.3) is 5.56 Å². The summed E-state index contributed by atoms with van der Waals surface area (Å²) in [6.07, 6.45) is 1.63. The van der Waals surface area contributed by atoms with Crippen LogP contribution in [0.5, 0.6) is 0 Å². The Kier molecular flexibility index (Phi) is 8.34. The molecular weight excluding hydrogens is 568 g/mol. The van der Waals surface area contributed by atoms with Gasteiger partial charge in [-0.05, 0) is 48.9 Å². The van der Waals surface area contributed by atoms with Crippen LogP contribution in [0.3, 0.4) is 0 Å². The van der Waals surface area contributed by atoms with E-state index in [2.05, 4.69) is 4.99 Å². The lowest BCUT2D eigenvalue weighted by Crippen LogP contribution is -2.40. The maximum absolute atomic E-state index is 13.8. The van der Waals surface area contributed by atoms with Crippen molar-refractivity contribution in [2.24, 2.45) is 4.99 Å². The molecule has 5 rings (SSSR count). The Labute approximate surface area is 243 Å². The predicted molar refractivity (Wildman–Crippen MR) is 154 cm³/mol. The number of benzene rings is 2. The van der Waals surface area contributed by atoms with E-state index in [0.29, 0.717) is 48.3 Å². The summed E-state index contributed by atoms with van der Waals surface area (Å²) in [5, 5.41) is 0.525. The van der Waals surface area contributed by atoms with Crippen molar-refractivity contribution in [2.75, 3.05) is 27.4 Å². The number of hydrogen-bond acceptors (Lipinski definition) is 9. The number of allylic oxidation sites excluding steroid dienone is 1. The average Bonchev–Trinajstić information content (AvgIpc) is 3.56. The van der Waals surface area contributed by atoms with Crippen LogP contribution in [0.15, 0.2) is 86.1 Å². The molecule has 1 unspecified atom stereocenters. The highest BCUT2D eigenvalue weighted by Crippen LogP contribution is 2.31. The monoisotopic (exact) mass is 592 g/mol. The van der Waals surface area contributed by atoms with Crippen molar-refractivity contribution in [1.29, 1.82) is 0 Å². The number of furan rings is 1. The zero-order valence-corrected chi connectivity index (χ0v) is 24.0. The summed E-state index contributed by atoms with van der Waals surface area (Å²) < 4.78 is 23.1. The quantitative estimate of drug-likeness (QED) is 0.224. The van der Waals surface area contributed by atoms with Crippen LogP contribution in [0.1, 0.15) is 34.6 Å². The van der Waals surface area contributed by atoms with E-state index in [-0.39, 0.29) is 24.3 Å². The topological polar surface area (TPSA) is 109 Å². The molecular formula is C30H25ClN2O7S. The normalized spacial score (nSPS) is 14.9. The first-order valence-electron chi connectivity index (χ1n) is 12.5. The lowest BCUT2D eigenvalue weighted by atomic mass is 9.96. The van der Waals surface area contributed by atoms with Gasteiger partial charge in [-0.25, -0.2) is 14.6 Å². The first-order valence-corrected chi connectivity index (χ1v) is 13.7. The molecule has 0 amide bonds. The number of nitrogens with zero attached hydrogens (tertiary/aromatic N) is 2. The number of thiazole rings is 1. The van der Waals surface area contributed by atoms with Gasteiger partial charge in [0.2, 0.25) is 0 Å². The van der Waals surface area contributed by atoms with Crippen LogP contribution in [-0.4, -0.2) is 43.9 Å². The van der Waals surface area contributed by atoms with E-state index in [1.165, 1.54) is 30.1 Å². The molecule has 0 saturated heterocycles. The lowest BCUT2D eigenvalue weighted by Gasteiger charge is -2.24. The molecule has 1 aliphatic heterocycles. The number of rotatable bonds is 8. The number of halogens is 1. The molecule has 2 aromatic heterocycles. The highest BCUT2D eigenvalue weighted by atomic mass is 35.5. The van der Waals surface area contributed by atoms with Crippen molar-refractivity contribution in [1.82, 2.24) is 4.57 Å². The van der Waals surface area contributed by atoms with Gasteiger partial charge < -0.3 is 18.6 Å². The number of methoxy groups -OCH3 is 2. The minimum atomic E-state index is -0.770. The number of fused-ring (bicyclic) bond motifs is 1. The van der Waals surface area contributed by atoms with Crippen LogP contribution >= 0.6 is 22.9 Å². The van der Waals surface area contributed by atoms with Crippen LogP contribution in [0, 0.1) is 0 Å². The molecule has 0 aliphatic carbocycles. The molecule has 1 aliphatic rings. The van der Waals surface area contributed by atoms with Crippen molar-refractivity contribution in [3.63, 3.8) is 0 Å². The van der Waals surface area contributed by atoms with E-state index in [1.807, 2.05) is 6.07 Å². The second-order valence-corrected chi connectivity index (χ2v) is 10.5. The summed E-state index contributed by atoms with van der Waals surface area (Å²) >= 11 is 7.31. The summed E-state index contributed by atoms with van der Waals surface area (Å²) in [7, 11) is 2.84. The summed E-state index contributed by atoms with van der Waals surface area (Å²) in [5.74, 6) is -0.0768. The van der Waals surface area contributed by atoms with E-state index in [4.69, 9.17) is 30.2 Å². The summed E-state index contributed by atoms with van der Waals surface area (Å²) in [6, 6.07) is 16.5. The second kappa shape index (κ2) is 12.1. The SMILES string of the molecule is COCCOC(=O)C1=C(C)N=c2sc(=Cc3ccc(-c4cccc(C(=O)OC)c4)o3)c(=O)n2C1c1ccc(Cl)cc1. The van der Waals surface area contributed by atoms with Crippen molar-refractivity contribution in [2.45, 2.75) is 13.0 Å². The lowest BCUT2D eigenvalue weighted by molar-refractivity contribution is -0.140. The van der Waals surface area contributed by atoms with Crippen molar-refractivity contribution in [3.05, 3.63) is 114 Å². The van der Waals surface area contributed by atoms with Crippen molar-refractivity contribution < 1.29 is 28.2 Å². The largest absolute Gasteiger partial charge is 0.465 e. The summed E-state index contributed by atoms with van der Waals surface area (Å²) in [6.45, 7) is 2.02. The predicted octanol–water partition coefficient (Wildman–Crippen LogP) is 4.12. The van der Waals surface area contributed by atoms with Crippen molar-refractivity contribution >= 4 is 41.0 Å². The number of ether oxygens (including phenoxy) is 3. The third-order valence-corrected chi connectivity index (χ3v) is 7.65. The third kappa shape index (κ3) is 5.81. The highest BCUT2D eigenvalue weighted by Gasteiger charge is 2.33. The van der Waals surface area contributed by atoms with Gasteiger partial charge in [-0.15, -0.1) is 0 Å². The first-order chi connectivity index (χ1) is 19.8. The second-order valence-electron chi connectivity index (χ2n) is 9.04. The molecule has 11 heteroatoms. The fraction of sp³-hybridized carbons (Fsp3) is 0.200. The molecule has 1 atom stereocenters. The molecule has 9 nitrogen and oxygen atoms in total. The van der Waals surface area contributed by atoms with E-state index < -0.39 is 18.0 Å². The van der Waals surface area contributed by atoms with Crippen LogP contribution in [0.2, 0.25) is 5.02 Å². The van der Waals surface area contributed by atoms with E-state index >= 15 is 0 Å². The Morgan fingerprint density at radius 3 is 2.59 bits per heavy atom. The van der Waals surface area contributed by atoms with E-state index in [0.717, 1.165) is 0 Å². The minimum Gasteiger partial charge on any atom is -0.465 e. The number of aromatic nitrogens is 1. The maximum atomic E-state index is 13.8. The number of esters is 2. The van der Waals surface area contributed by atoms with Crippen molar-refractivity contribution in [3.8, 4) is 11.3 Å². The number of carbonyl (C=O) groups excluding carboxylic acids is 2. The van der Waals surface area contributed by atoms with Gasteiger partial charge in [0, 0.05) is 23.8 Å². The summed E-state index contributed by atoms with van der Waals surface area (Å²) in [5.41, 5.74) is 2.13. The van der Waals surface area contributed by atoms with E-state index in [1.54, 1.807) is 67.6 Å². The molecule has 3 heterocycles. The van der Waals surface area contributed by atoms with Gasteiger partial charge in [-0.2, -0.15) is 0 Å².